The zero-order valence-corrected chi connectivity index (χ0v) is 13.9. The van der Waals surface area contributed by atoms with E-state index in [0.717, 1.165) is 4.57 Å². The van der Waals surface area contributed by atoms with Crippen LogP contribution in [0.1, 0.15) is 18.4 Å². The predicted molar refractivity (Wildman–Crippen MR) is 89.2 cm³/mol. The van der Waals surface area contributed by atoms with Gasteiger partial charge in [0.1, 0.15) is 18.2 Å². The van der Waals surface area contributed by atoms with Gasteiger partial charge in [0.25, 0.3) is 5.56 Å². The number of hydrogen-bond donors (Lipinski definition) is 0. The smallest absolute Gasteiger partial charge is 0.331 e. The molecule has 8 nitrogen and oxygen atoms in total. The Morgan fingerprint density at radius 3 is 2.60 bits per heavy atom. The first kappa shape index (κ1) is 16.7. The van der Waals surface area contributed by atoms with Gasteiger partial charge < -0.3 is 4.42 Å². The molecular weight excluding hydrogens is 346 g/mol. The van der Waals surface area contributed by atoms with Gasteiger partial charge >= 0.3 is 5.69 Å². The average Bonchev–Trinajstić information content (AvgIpc) is 3.08. The maximum absolute atomic E-state index is 12.3. The highest BCUT2D eigenvalue weighted by atomic mass is 35.5. The summed E-state index contributed by atoms with van der Waals surface area (Å²) in [5.41, 5.74) is -0.702. The summed E-state index contributed by atoms with van der Waals surface area (Å²) in [5, 5.41) is 17.4. The summed E-state index contributed by atoms with van der Waals surface area (Å²) >= 11 is 5.84. The quantitative estimate of drug-likeness (QED) is 0.702. The molecule has 1 aromatic carbocycles. The maximum Gasteiger partial charge on any atom is 0.331 e. The van der Waals surface area contributed by atoms with E-state index >= 15 is 0 Å². The maximum atomic E-state index is 12.3. The number of hydrogen-bond acceptors (Lipinski definition) is 6. The Morgan fingerprint density at radius 1 is 1.24 bits per heavy atom. The molecule has 3 aromatic rings. The lowest BCUT2D eigenvalue weighted by Gasteiger charge is -2.07. The molecule has 0 unspecified atom stereocenters. The standard InChI is InChI=1S/C16H12ClN5O3/c1-2-21-8-11(7-18)15(23)22(16(21)24)9-13-19-20-14(25-13)10-3-5-12(17)6-4-10/h3-6,8H,2,9H2,1H3. The Labute approximate surface area is 146 Å². The Morgan fingerprint density at radius 2 is 1.96 bits per heavy atom. The Kier molecular flexibility index (Phi) is 4.50. The van der Waals surface area contributed by atoms with Crippen molar-refractivity contribution in [3.8, 4) is 17.5 Å². The number of benzene rings is 1. The second kappa shape index (κ2) is 6.75. The summed E-state index contributed by atoms with van der Waals surface area (Å²) in [4.78, 5) is 24.5. The van der Waals surface area contributed by atoms with Crippen LogP contribution in [0.25, 0.3) is 11.5 Å². The van der Waals surface area contributed by atoms with Crippen LogP contribution in [0.3, 0.4) is 0 Å². The topological polar surface area (TPSA) is 107 Å². The van der Waals surface area contributed by atoms with Crippen molar-refractivity contribution >= 4 is 11.6 Å². The number of aromatic nitrogens is 4. The van der Waals surface area contributed by atoms with Gasteiger partial charge in [-0.15, -0.1) is 10.2 Å². The first-order valence-corrected chi connectivity index (χ1v) is 7.74. The zero-order chi connectivity index (χ0) is 18.0. The summed E-state index contributed by atoms with van der Waals surface area (Å²) in [7, 11) is 0. The third-order valence-electron chi connectivity index (χ3n) is 3.55. The minimum atomic E-state index is -0.691. The van der Waals surface area contributed by atoms with Crippen molar-refractivity contribution in [2.24, 2.45) is 0 Å². The highest BCUT2D eigenvalue weighted by Crippen LogP contribution is 2.20. The summed E-state index contributed by atoms with van der Waals surface area (Å²) in [6.07, 6.45) is 1.24. The predicted octanol–water partition coefficient (Wildman–Crippen LogP) is 1.65. The molecular formula is C16H12ClN5O3. The van der Waals surface area contributed by atoms with Crippen molar-refractivity contribution < 1.29 is 4.42 Å². The summed E-state index contributed by atoms with van der Waals surface area (Å²) in [6, 6.07) is 8.58. The largest absolute Gasteiger partial charge is 0.419 e. The fourth-order valence-electron chi connectivity index (χ4n) is 2.26. The van der Waals surface area contributed by atoms with Crippen molar-refractivity contribution in [1.82, 2.24) is 19.3 Å². The number of halogens is 1. The van der Waals surface area contributed by atoms with Gasteiger partial charge in [-0.05, 0) is 31.2 Å². The van der Waals surface area contributed by atoms with Crippen LogP contribution in [0, 0.1) is 11.3 Å². The minimum Gasteiger partial charge on any atom is -0.419 e. The van der Waals surface area contributed by atoms with Crippen LogP contribution >= 0.6 is 11.6 Å². The fourth-order valence-corrected chi connectivity index (χ4v) is 2.38. The van der Waals surface area contributed by atoms with Gasteiger partial charge in [0.05, 0.1) is 0 Å². The molecule has 0 bridgehead atoms. The van der Waals surface area contributed by atoms with E-state index in [2.05, 4.69) is 10.2 Å². The van der Waals surface area contributed by atoms with Gasteiger partial charge in [0, 0.05) is 23.3 Å². The second-order valence-electron chi connectivity index (χ2n) is 5.12. The molecule has 25 heavy (non-hydrogen) atoms. The highest BCUT2D eigenvalue weighted by molar-refractivity contribution is 6.30. The van der Waals surface area contributed by atoms with E-state index in [4.69, 9.17) is 21.3 Å². The Balaban J connectivity index is 1.99. The summed E-state index contributed by atoms with van der Waals surface area (Å²) in [5.74, 6) is 0.328. The molecule has 2 aromatic heterocycles. The molecule has 0 aliphatic rings. The monoisotopic (exact) mass is 357 g/mol. The van der Waals surface area contributed by atoms with Crippen LogP contribution in [0.5, 0.6) is 0 Å². The number of nitriles is 1. The van der Waals surface area contributed by atoms with Gasteiger partial charge in [-0.2, -0.15) is 5.26 Å². The lowest BCUT2D eigenvalue weighted by atomic mass is 10.2. The molecule has 2 heterocycles. The Hall–Kier alpha value is -3.18. The molecule has 0 fully saturated rings. The highest BCUT2D eigenvalue weighted by Gasteiger charge is 2.15. The molecule has 0 radical (unpaired) electrons. The lowest BCUT2D eigenvalue weighted by molar-refractivity contribution is 0.469. The van der Waals surface area contributed by atoms with E-state index < -0.39 is 11.2 Å². The molecule has 126 valence electrons. The third kappa shape index (κ3) is 3.22. The van der Waals surface area contributed by atoms with E-state index in [-0.39, 0.29) is 23.9 Å². The molecule has 0 saturated carbocycles. The first-order chi connectivity index (χ1) is 12.0. The van der Waals surface area contributed by atoms with E-state index in [1.807, 2.05) is 0 Å². The average molecular weight is 358 g/mol. The molecule has 0 aliphatic carbocycles. The van der Waals surface area contributed by atoms with Crippen LogP contribution in [0.2, 0.25) is 5.02 Å². The van der Waals surface area contributed by atoms with Gasteiger partial charge in [-0.25, -0.2) is 9.36 Å². The molecule has 3 rings (SSSR count). The van der Waals surface area contributed by atoms with Crippen LogP contribution < -0.4 is 11.2 Å². The van der Waals surface area contributed by atoms with Crippen LogP contribution in [0.15, 0.2) is 44.5 Å². The third-order valence-corrected chi connectivity index (χ3v) is 3.80. The van der Waals surface area contributed by atoms with Gasteiger partial charge in [-0.3, -0.25) is 9.36 Å². The number of nitrogens with zero attached hydrogens (tertiary/aromatic N) is 5. The molecule has 0 N–H and O–H groups in total. The summed E-state index contributed by atoms with van der Waals surface area (Å²) < 4.78 is 7.69. The fraction of sp³-hybridized carbons (Fsp3) is 0.188. The number of rotatable bonds is 4. The molecule has 0 spiro atoms. The SMILES string of the molecule is CCn1cc(C#N)c(=O)n(Cc2nnc(-c3ccc(Cl)cc3)o2)c1=O. The van der Waals surface area contributed by atoms with Crippen molar-refractivity contribution in [2.45, 2.75) is 20.0 Å². The minimum absolute atomic E-state index is 0.0851. The van der Waals surface area contributed by atoms with E-state index in [1.54, 1.807) is 37.3 Å². The van der Waals surface area contributed by atoms with E-state index in [9.17, 15) is 9.59 Å². The molecule has 9 heteroatoms. The number of aryl methyl sites for hydroxylation is 1. The van der Waals surface area contributed by atoms with Gasteiger partial charge in [0.15, 0.2) is 0 Å². The molecule has 0 atom stereocenters. The van der Waals surface area contributed by atoms with Gasteiger partial charge in [0.2, 0.25) is 11.8 Å². The van der Waals surface area contributed by atoms with Crippen molar-refractivity contribution in [3.05, 3.63) is 67.8 Å². The van der Waals surface area contributed by atoms with E-state index in [1.165, 1.54) is 10.8 Å². The van der Waals surface area contributed by atoms with Gasteiger partial charge in [-0.1, -0.05) is 11.6 Å². The first-order valence-electron chi connectivity index (χ1n) is 7.36. The molecule has 0 saturated heterocycles. The molecule has 0 amide bonds. The Bertz CT molecular complexity index is 1070. The van der Waals surface area contributed by atoms with Crippen molar-refractivity contribution in [1.29, 1.82) is 5.26 Å². The van der Waals surface area contributed by atoms with Crippen LogP contribution in [-0.2, 0) is 13.1 Å². The van der Waals surface area contributed by atoms with E-state index in [0.29, 0.717) is 17.1 Å². The second-order valence-corrected chi connectivity index (χ2v) is 5.56. The lowest BCUT2D eigenvalue weighted by Crippen LogP contribution is -2.41. The van der Waals surface area contributed by atoms with Crippen LogP contribution in [0.4, 0.5) is 0 Å². The van der Waals surface area contributed by atoms with Crippen molar-refractivity contribution in [2.75, 3.05) is 0 Å². The zero-order valence-electron chi connectivity index (χ0n) is 13.1. The van der Waals surface area contributed by atoms with Crippen LogP contribution in [-0.4, -0.2) is 19.3 Å². The molecule has 0 aliphatic heterocycles. The summed E-state index contributed by atoms with van der Waals surface area (Å²) in [6.45, 7) is 1.85. The normalized spacial score (nSPS) is 10.6. The van der Waals surface area contributed by atoms with Crippen molar-refractivity contribution in [3.63, 3.8) is 0 Å².